The maximum atomic E-state index is 12.3. The fourth-order valence-electron chi connectivity index (χ4n) is 2.52. The van der Waals surface area contributed by atoms with Gasteiger partial charge in [0.2, 0.25) is 0 Å². The Balaban J connectivity index is 1.68. The van der Waals surface area contributed by atoms with E-state index in [1.54, 1.807) is 24.4 Å². The van der Waals surface area contributed by atoms with Crippen LogP contribution in [0.4, 0.5) is 5.13 Å². The first-order valence-corrected chi connectivity index (χ1v) is 9.81. The minimum absolute atomic E-state index is 0.307. The number of hydrogen-bond donors (Lipinski definition) is 2. The van der Waals surface area contributed by atoms with Gasteiger partial charge in [-0.15, -0.1) is 0 Å². The van der Waals surface area contributed by atoms with Crippen LogP contribution in [0.1, 0.15) is 36.2 Å². The van der Waals surface area contributed by atoms with Crippen LogP contribution in [0.5, 0.6) is 11.5 Å². The average Bonchev–Trinajstić information content (AvgIpc) is 3.06. The summed E-state index contributed by atoms with van der Waals surface area (Å²) in [4.78, 5) is 16.5. The number of amides is 1. The zero-order valence-corrected chi connectivity index (χ0v) is 16.6. The van der Waals surface area contributed by atoms with E-state index in [1.165, 1.54) is 11.3 Å². The molecule has 0 bridgehead atoms. The predicted molar refractivity (Wildman–Crippen MR) is 112 cm³/mol. The molecule has 3 rings (SSSR count). The van der Waals surface area contributed by atoms with Crippen molar-refractivity contribution in [2.45, 2.75) is 20.3 Å². The molecule has 0 fully saturated rings. The third kappa shape index (κ3) is 4.77. The van der Waals surface area contributed by atoms with Crippen molar-refractivity contribution in [3.63, 3.8) is 0 Å². The standard InChI is InChI=1S/C20H22N4O3S/c1-3-9-27-16-8-5-13(10-17(16)26-4-2)12-22-24-19(25)14-6-7-15-18(11-14)28-20(21)23-15/h5-8,10-12H,3-4,9H2,1-2H3,(H2,21,23)(H,24,25)/b22-12-. The molecule has 0 spiro atoms. The number of hydrazone groups is 1. The van der Waals surface area contributed by atoms with Gasteiger partial charge in [-0.25, -0.2) is 10.4 Å². The van der Waals surface area contributed by atoms with E-state index in [1.807, 2.05) is 32.0 Å². The van der Waals surface area contributed by atoms with Gasteiger partial charge in [-0.1, -0.05) is 18.3 Å². The Kier molecular flexibility index (Phi) is 6.44. The van der Waals surface area contributed by atoms with Crippen LogP contribution in [0, 0.1) is 0 Å². The zero-order valence-electron chi connectivity index (χ0n) is 15.8. The number of rotatable bonds is 8. The molecule has 3 aromatic rings. The first kappa shape index (κ1) is 19.6. The van der Waals surface area contributed by atoms with Gasteiger partial charge in [0.1, 0.15) is 0 Å². The molecule has 0 saturated carbocycles. The number of nitrogens with two attached hydrogens (primary N) is 1. The molecule has 1 heterocycles. The second kappa shape index (κ2) is 9.18. The second-order valence-electron chi connectivity index (χ2n) is 5.92. The maximum Gasteiger partial charge on any atom is 0.271 e. The highest BCUT2D eigenvalue weighted by Gasteiger charge is 2.09. The Hall–Kier alpha value is -3.13. The van der Waals surface area contributed by atoms with E-state index < -0.39 is 0 Å². The van der Waals surface area contributed by atoms with E-state index in [4.69, 9.17) is 15.2 Å². The Morgan fingerprint density at radius 3 is 2.86 bits per heavy atom. The minimum Gasteiger partial charge on any atom is -0.490 e. The van der Waals surface area contributed by atoms with Crippen LogP contribution in [-0.4, -0.2) is 30.3 Å². The number of anilines is 1. The monoisotopic (exact) mass is 398 g/mol. The SMILES string of the molecule is CCCOc1ccc(/C=N\NC(=O)c2ccc3nc(N)sc3c2)cc1OCC. The van der Waals surface area contributed by atoms with E-state index in [2.05, 4.69) is 15.5 Å². The van der Waals surface area contributed by atoms with E-state index in [0.717, 1.165) is 22.2 Å². The number of carbonyl (C=O) groups is 1. The molecular formula is C20H22N4O3S. The minimum atomic E-state index is -0.307. The summed E-state index contributed by atoms with van der Waals surface area (Å²) in [6.45, 7) is 5.12. The number of nitrogens with one attached hydrogen (secondary N) is 1. The number of carbonyl (C=O) groups excluding carboxylic acids is 1. The van der Waals surface area contributed by atoms with E-state index in [0.29, 0.717) is 35.4 Å². The Labute approximate surface area is 167 Å². The van der Waals surface area contributed by atoms with Crippen molar-refractivity contribution in [3.05, 3.63) is 47.5 Å². The van der Waals surface area contributed by atoms with Crippen LogP contribution in [0.25, 0.3) is 10.2 Å². The third-order valence-electron chi connectivity index (χ3n) is 3.78. The summed E-state index contributed by atoms with van der Waals surface area (Å²) in [7, 11) is 0. The number of aromatic nitrogens is 1. The van der Waals surface area contributed by atoms with Crippen LogP contribution in [-0.2, 0) is 0 Å². The fourth-order valence-corrected chi connectivity index (χ4v) is 3.29. The summed E-state index contributed by atoms with van der Waals surface area (Å²) >= 11 is 1.34. The van der Waals surface area contributed by atoms with Crippen molar-refractivity contribution >= 4 is 38.8 Å². The lowest BCUT2D eigenvalue weighted by atomic mass is 10.2. The van der Waals surface area contributed by atoms with Gasteiger partial charge in [-0.3, -0.25) is 4.79 Å². The lowest BCUT2D eigenvalue weighted by Gasteiger charge is -2.11. The van der Waals surface area contributed by atoms with Crippen molar-refractivity contribution in [2.75, 3.05) is 18.9 Å². The Morgan fingerprint density at radius 2 is 2.07 bits per heavy atom. The van der Waals surface area contributed by atoms with Gasteiger partial charge < -0.3 is 15.2 Å². The lowest BCUT2D eigenvalue weighted by molar-refractivity contribution is 0.0955. The van der Waals surface area contributed by atoms with E-state index in [-0.39, 0.29) is 5.91 Å². The predicted octanol–water partition coefficient (Wildman–Crippen LogP) is 3.83. The zero-order chi connectivity index (χ0) is 19.9. The molecule has 8 heteroatoms. The van der Waals surface area contributed by atoms with E-state index in [9.17, 15) is 4.79 Å². The first-order chi connectivity index (χ1) is 13.6. The Bertz CT molecular complexity index is 1000. The molecule has 1 amide bonds. The summed E-state index contributed by atoms with van der Waals surface area (Å²) in [5.41, 5.74) is 10.3. The van der Waals surface area contributed by atoms with Crippen molar-refractivity contribution in [2.24, 2.45) is 5.10 Å². The van der Waals surface area contributed by atoms with Gasteiger partial charge in [0, 0.05) is 5.56 Å². The number of fused-ring (bicyclic) bond motifs is 1. The van der Waals surface area contributed by atoms with Crippen molar-refractivity contribution in [1.82, 2.24) is 10.4 Å². The van der Waals surface area contributed by atoms with Crippen LogP contribution < -0.4 is 20.6 Å². The molecule has 7 nitrogen and oxygen atoms in total. The number of hydrogen-bond acceptors (Lipinski definition) is 7. The van der Waals surface area contributed by atoms with Crippen LogP contribution >= 0.6 is 11.3 Å². The molecule has 0 unspecified atom stereocenters. The van der Waals surface area contributed by atoms with Crippen molar-refractivity contribution < 1.29 is 14.3 Å². The normalized spacial score (nSPS) is 11.1. The van der Waals surface area contributed by atoms with Gasteiger partial charge in [0.15, 0.2) is 16.6 Å². The summed E-state index contributed by atoms with van der Waals surface area (Å²) < 4.78 is 12.2. The lowest BCUT2D eigenvalue weighted by Crippen LogP contribution is -2.17. The van der Waals surface area contributed by atoms with Crippen LogP contribution in [0.2, 0.25) is 0 Å². The topological polar surface area (TPSA) is 98.8 Å². The van der Waals surface area contributed by atoms with Crippen molar-refractivity contribution in [1.29, 1.82) is 0 Å². The highest BCUT2D eigenvalue weighted by atomic mass is 32.1. The number of nitrogen functional groups attached to an aromatic ring is 1. The molecule has 0 radical (unpaired) electrons. The number of benzene rings is 2. The molecule has 0 saturated heterocycles. The van der Waals surface area contributed by atoms with Gasteiger partial charge in [0.05, 0.1) is 29.6 Å². The maximum absolute atomic E-state index is 12.3. The third-order valence-corrected chi connectivity index (χ3v) is 4.62. The highest BCUT2D eigenvalue weighted by Crippen LogP contribution is 2.28. The summed E-state index contributed by atoms with van der Waals surface area (Å²) in [6, 6.07) is 10.7. The molecule has 0 atom stereocenters. The highest BCUT2D eigenvalue weighted by molar-refractivity contribution is 7.22. The largest absolute Gasteiger partial charge is 0.490 e. The summed E-state index contributed by atoms with van der Waals surface area (Å²) in [5.74, 6) is 1.04. The van der Waals surface area contributed by atoms with Gasteiger partial charge in [0.25, 0.3) is 5.91 Å². The molecule has 3 N–H and O–H groups in total. The van der Waals surface area contributed by atoms with Gasteiger partial charge in [-0.05, 0) is 55.3 Å². The quantitative estimate of drug-likeness (QED) is 0.444. The fraction of sp³-hybridized carbons (Fsp3) is 0.250. The molecule has 28 heavy (non-hydrogen) atoms. The molecule has 146 valence electrons. The number of nitrogens with zero attached hydrogens (tertiary/aromatic N) is 2. The summed E-state index contributed by atoms with van der Waals surface area (Å²) in [6.07, 6.45) is 2.48. The Morgan fingerprint density at radius 1 is 1.21 bits per heavy atom. The van der Waals surface area contributed by atoms with Crippen LogP contribution in [0.15, 0.2) is 41.5 Å². The second-order valence-corrected chi connectivity index (χ2v) is 6.98. The van der Waals surface area contributed by atoms with Crippen LogP contribution in [0.3, 0.4) is 0 Å². The van der Waals surface area contributed by atoms with Crippen molar-refractivity contribution in [3.8, 4) is 11.5 Å². The molecular weight excluding hydrogens is 376 g/mol. The molecule has 2 aromatic carbocycles. The average molecular weight is 398 g/mol. The van der Waals surface area contributed by atoms with Gasteiger partial charge >= 0.3 is 0 Å². The molecule has 0 aliphatic rings. The van der Waals surface area contributed by atoms with E-state index >= 15 is 0 Å². The smallest absolute Gasteiger partial charge is 0.271 e. The first-order valence-electron chi connectivity index (χ1n) is 8.99. The van der Waals surface area contributed by atoms with Gasteiger partial charge in [-0.2, -0.15) is 5.10 Å². The molecule has 0 aliphatic carbocycles. The number of ether oxygens (including phenoxy) is 2. The molecule has 0 aliphatic heterocycles. The molecule has 1 aromatic heterocycles. The number of thiazole rings is 1. The summed E-state index contributed by atoms with van der Waals surface area (Å²) in [5, 5.41) is 4.51.